The minimum atomic E-state index is -3.77. The van der Waals surface area contributed by atoms with E-state index in [-0.39, 0.29) is 40.4 Å². The molecular weight excluding hydrogens is 565 g/mol. The van der Waals surface area contributed by atoms with Crippen LogP contribution in [0.3, 0.4) is 0 Å². The van der Waals surface area contributed by atoms with Crippen molar-refractivity contribution in [2.45, 2.75) is 62.6 Å². The van der Waals surface area contributed by atoms with Crippen LogP contribution in [0, 0.1) is 11.7 Å². The highest BCUT2D eigenvalue weighted by Crippen LogP contribution is 2.30. The van der Waals surface area contributed by atoms with E-state index >= 15 is 4.39 Å². The van der Waals surface area contributed by atoms with Gasteiger partial charge in [-0.05, 0) is 55.5 Å². The minimum Gasteiger partial charge on any atom is -0.323 e. The molecule has 41 heavy (non-hydrogen) atoms. The van der Waals surface area contributed by atoms with E-state index in [4.69, 9.17) is 17.3 Å². The van der Waals surface area contributed by atoms with E-state index in [1.165, 1.54) is 10.5 Å². The highest BCUT2D eigenvalue weighted by Gasteiger charge is 2.38. The maximum atomic E-state index is 15.1. The Morgan fingerprint density at radius 1 is 1.15 bits per heavy atom. The standard InChI is InChI=1S/C30H37ClFN5O3S/c1-19(2)28(21-9-11-22(31)12-10-21)29(33)30(38)36-27-18-35-17-26(32)25(27)14-13-23-16-34-15-20(3)37(23)41(39,40)24-7-5-4-6-8-24/h4-12,17-20,23,28-29,34H,13-16,33H2,1-3H3,(H,36,38)/t20-,23-,28?,29?/m0/s1. The number of piperazine rings is 1. The number of nitrogens with zero attached hydrogens (tertiary/aromatic N) is 2. The molecular formula is C30H37ClFN5O3S. The average molecular weight is 602 g/mol. The van der Waals surface area contributed by atoms with Gasteiger partial charge in [-0.15, -0.1) is 0 Å². The molecule has 1 saturated heterocycles. The van der Waals surface area contributed by atoms with Gasteiger partial charge in [-0.2, -0.15) is 4.31 Å². The predicted molar refractivity (Wildman–Crippen MR) is 160 cm³/mol. The smallest absolute Gasteiger partial charge is 0.243 e. The van der Waals surface area contributed by atoms with Crippen LogP contribution in [0.1, 0.15) is 44.2 Å². The lowest BCUT2D eigenvalue weighted by Crippen LogP contribution is -2.58. The van der Waals surface area contributed by atoms with Crippen molar-refractivity contribution < 1.29 is 17.6 Å². The Morgan fingerprint density at radius 3 is 2.49 bits per heavy atom. The molecule has 2 unspecified atom stereocenters. The molecule has 1 aliphatic heterocycles. The number of hydrogen-bond acceptors (Lipinski definition) is 6. The second-order valence-electron chi connectivity index (χ2n) is 10.8. The van der Waals surface area contributed by atoms with Gasteiger partial charge in [-0.1, -0.05) is 55.8 Å². The van der Waals surface area contributed by atoms with Gasteiger partial charge in [0.25, 0.3) is 0 Å². The zero-order valence-electron chi connectivity index (χ0n) is 23.4. The quantitative estimate of drug-likeness (QED) is 0.314. The molecule has 8 nitrogen and oxygen atoms in total. The molecule has 0 aliphatic carbocycles. The van der Waals surface area contributed by atoms with Crippen molar-refractivity contribution >= 4 is 33.2 Å². The zero-order chi connectivity index (χ0) is 29.7. The molecule has 0 saturated carbocycles. The van der Waals surface area contributed by atoms with Crippen LogP contribution in [0.5, 0.6) is 0 Å². The Hall–Kier alpha value is -2.89. The average Bonchev–Trinajstić information content (AvgIpc) is 2.94. The number of carbonyl (C=O) groups excluding carboxylic acids is 1. The van der Waals surface area contributed by atoms with Crippen molar-refractivity contribution in [1.29, 1.82) is 0 Å². The van der Waals surface area contributed by atoms with Crippen molar-refractivity contribution in [1.82, 2.24) is 14.6 Å². The van der Waals surface area contributed by atoms with Crippen molar-refractivity contribution in [3.8, 4) is 0 Å². The van der Waals surface area contributed by atoms with E-state index in [9.17, 15) is 13.2 Å². The van der Waals surface area contributed by atoms with E-state index < -0.39 is 33.8 Å². The number of carbonyl (C=O) groups is 1. The number of nitrogens with one attached hydrogen (secondary N) is 2. The van der Waals surface area contributed by atoms with Crippen LogP contribution in [-0.4, -0.2) is 54.8 Å². The van der Waals surface area contributed by atoms with Crippen molar-refractivity contribution in [2.24, 2.45) is 11.7 Å². The Kier molecular flexibility index (Phi) is 10.1. The van der Waals surface area contributed by atoms with Crippen LogP contribution in [0.2, 0.25) is 5.02 Å². The summed E-state index contributed by atoms with van der Waals surface area (Å²) in [7, 11) is -3.77. The van der Waals surface area contributed by atoms with Crippen LogP contribution < -0.4 is 16.4 Å². The van der Waals surface area contributed by atoms with Gasteiger partial charge in [-0.3, -0.25) is 9.78 Å². The summed E-state index contributed by atoms with van der Waals surface area (Å²) < 4.78 is 43.8. The summed E-state index contributed by atoms with van der Waals surface area (Å²) in [5, 5.41) is 6.66. The highest BCUT2D eigenvalue weighted by molar-refractivity contribution is 7.89. The predicted octanol–water partition coefficient (Wildman–Crippen LogP) is 4.56. The van der Waals surface area contributed by atoms with Gasteiger partial charge in [-0.25, -0.2) is 12.8 Å². The first-order chi connectivity index (χ1) is 19.5. The molecule has 11 heteroatoms. The summed E-state index contributed by atoms with van der Waals surface area (Å²) in [5.74, 6) is -1.30. The lowest BCUT2D eigenvalue weighted by molar-refractivity contribution is -0.118. The third-order valence-electron chi connectivity index (χ3n) is 7.59. The molecule has 1 amide bonds. The van der Waals surface area contributed by atoms with E-state index in [1.54, 1.807) is 42.5 Å². The van der Waals surface area contributed by atoms with Crippen molar-refractivity contribution in [3.05, 3.63) is 89.0 Å². The number of nitrogens with two attached hydrogens (primary N) is 1. The summed E-state index contributed by atoms with van der Waals surface area (Å²) in [6.07, 6.45) is 3.01. The molecule has 1 aliphatic rings. The molecule has 4 rings (SSSR count). The van der Waals surface area contributed by atoms with E-state index in [0.717, 1.165) is 11.8 Å². The molecule has 0 bridgehead atoms. The summed E-state index contributed by atoms with van der Waals surface area (Å²) in [6.45, 7) is 6.75. The van der Waals surface area contributed by atoms with Gasteiger partial charge in [0.1, 0.15) is 5.82 Å². The van der Waals surface area contributed by atoms with Gasteiger partial charge < -0.3 is 16.4 Å². The van der Waals surface area contributed by atoms with Crippen LogP contribution >= 0.6 is 11.6 Å². The van der Waals surface area contributed by atoms with Crippen LogP contribution in [0.15, 0.2) is 71.9 Å². The molecule has 1 fully saturated rings. The van der Waals surface area contributed by atoms with Crippen molar-refractivity contribution in [2.75, 3.05) is 18.4 Å². The van der Waals surface area contributed by atoms with Gasteiger partial charge in [0.15, 0.2) is 0 Å². The fraction of sp³-hybridized carbons (Fsp3) is 0.400. The van der Waals surface area contributed by atoms with Crippen LogP contribution in [-0.2, 0) is 21.2 Å². The number of rotatable bonds is 10. The minimum absolute atomic E-state index is 0.0420. The Morgan fingerprint density at radius 2 is 1.83 bits per heavy atom. The Labute approximate surface area is 246 Å². The molecule has 2 heterocycles. The molecule has 0 radical (unpaired) electrons. The first-order valence-corrected chi connectivity index (χ1v) is 15.6. The normalized spacial score (nSPS) is 19.6. The number of sulfonamides is 1. The van der Waals surface area contributed by atoms with E-state index in [2.05, 4.69) is 15.6 Å². The fourth-order valence-electron chi connectivity index (χ4n) is 5.58. The summed E-state index contributed by atoms with van der Waals surface area (Å²) >= 11 is 6.04. The number of benzene rings is 2. The van der Waals surface area contributed by atoms with Gasteiger partial charge in [0.2, 0.25) is 15.9 Å². The Balaban J connectivity index is 1.54. The summed E-state index contributed by atoms with van der Waals surface area (Å²) in [5.41, 5.74) is 7.81. The maximum absolute atomic E-state index is 15.1. The summed E-state index contributed by atoms with van der Waals surface area (Å²) in [4.78, 5) is 17.5. The van der Waals surface area contributed by atoms with Crippen LogP contribution in [0.25, 0.3) is 0 Å². The monoisotopic (exact) mass is 601 g/mol. The van der Waals surface area contributed by atoms with Gasteiger partial charge in [0, 0.05) is 41.7 Å². The van der Waals surface area contributed by atoms with Gasteiger partial charge >= 0.3 is 0 Å². The number of halogens is 2. The zero-order valence-corrected chi connectivity index (χ0v) is 25.0. The second kappa shape index (κ2) is 13.4. The largest absolute Gasteiger partial charge is 0.323 e. The lowest BCUT2D eigenvalue weighted by Gasteiger charge is -2.40. The maximum Gasteiger partial charge on any atom is 0.243 e. The molecule has 220 valence electrons. The first kappa shape index (κ1) is 31.1. The fourth-order valence-corrected chi connectivity index (χ4v) is 7.57. The number of hydrogen-bond donors (Lipinski definition) is 3. The Bertz CT molecular complexity index is 1440. The summed E-state index contributed by atoms with van der Waals surface area (Å²) in [6, 6.07) is 13.9. The lowest BCUT2D eigenvalue weighted by atomic mass is 9.82. The van der Waals surface area contributed by atoms with Gasteiger partial charge in [0.05, 0.1) is 29.0 Å². The molecule has 4 N–H and O–H groups in total. The molecule has 1 aromatic heterocycles. The second-order valence-corrected chi connectivity index (χ2v) is 13.1. The topological polar surface area (TPSA) is 117 Å². The van der Waals surface area contributed by atoms with E-state index in [1.807, 2.05) is 32.9 Å². The van der Waals surface area contributed by atoms with Crippen molar-refractivity contribution in [3.63, 3.8) is 0 Å². The first-order valence-electron chi connectivity index (χ1n) is 13.7. The number of aromatic nitrogens is 1. The third kappa shape index (κ3) is 7.13. The number of amides is 1. The SMILES string of the molecule is CC(C)C(c1ccc(Cl)cc1)C(N)C(=O)Nc1cncc(F)c1CC[C@H]1CNC[C@H](C)N1S(=O)(=O)c1ccccc1. The molecule has 2 aromatic carbocycles. The molecule has 3 aromatic rings. The molecule has 0 spiro atoms. The number of anilines is 1. The molecule has 4 atom stereocenters. The van der Waals surface area contributed by atoms with E-state index in [0.29, 0.717) is 24.5 Å². The highest BCUT2D eigenvalue weighted by atomic mass is 35.5. The number of pyridine rings is 1. The third-order valence-corrected chi connectivity index (χ3v) is 9.92. The van der Waals surface area contributed by atoms with Crippen LogP contribution in [0.4, 0.5) is 10.1 Å².